The summed E-state index contributed by atoms with van der Waals surface area (Å²) >= 11 is 1.49. The second-order valence-electron chi connectivity index (χ2n) is 6.89. The normalized spacial score (nSPS) is 11.5. The lowest BCUT2D eigenvalue weighted by Crippen LogP contribution is -1.97. The van der Waals surface area contributed by atoms with Crippen molar-refractivity contribution < 1.29 is 0 Å². The van der Waals surface area contributed by atoms with Gasteiger partial charge in [0.25, 0.3) is 0 Å². The summed E-state index contributed by atoms with van der Waals surface area (Å²) in [5.74, 6) is 0.406. The van der Waals surface area contributed by atoms with Gasteiger partial charge in [-0.1, -0.05) is 44.2 Å². The van der Waals surface area contributed by atoms with Gasteiger partial charge in [-0.2, -0.15) is 5.26 Å². The molecule has 0 bridgehead atoms. The molecule has 0 saturated carbocycles. The van der Waals surface area contributed by atoms with Gasteiger partial charge in [0.15, 0.2) is 0 Å². The van der Waals surface area contributed by atoms with Crippen LogP contribution in [0.15, 0.2) is 54.0 Å². The molecule has 0 amide bonds. The summed E-state index contributed by atoms with van der Waals surface area (Å²) in [5, 5.41) is 15.6. The Hall–Kier alpha value is -2.90. The highest BCUT2D eigenvalue weighted by Gasteiger charge is 2.10. The summed E-state index contributed by atoms with van der Waals surface area (Å²) in [5.41, 5.74) is 7.27. The van der Waals surface area contributed by atoms with Crippen LogP contribution in [0.2, 0.25) is 0 Å². The van der Waals surface area contributed by atoms with Crippen LogP contribution in [0, 0.1) is 25.2 Å². The van der Waals surface area contributed by atoms with Crippen molar-refractivity contribution in [1.82, 2.24) is 4.98 Å². The van der Waals surface area contributed by atoms with Crippen LogP contribution in [0.5, 0.6) is 0 Å². The number of aryl methyl sites for hydroxylation is 2. The van der Waals surface area contributed by atoms with Gasteiger partial charge in [-0.05, 0) is 48.6 Å². The van der Waals surface area contributed by atoms with Crippen molar-refractivity contribution in [3.8, 4) is 17.3 Å². The number of nitrogens with one attached hydrogen (secondary N) is 1. The molecule has 0 aliphatic heterocycles. The largest absolute Gasteiger partial charge is 0.360 e. The standard InChI is InChI=1S/C23H23N3S/c1-15(2)20-7-5-6-8-21(20)25-13-19(12-24)23-26-22(14-27-23)18-10-9-16(3)17(4)11-18/h5-11,13-15,25H,1-4H3/b19-13-. The molecule has 0 radical (unpaired) electrons. The van der Waals surface area contributed by atoms with E-state index in [1.807, 2.05) is 23.6 Å². The average molecular weight is 374 g/mol. The first-order chi connectivity index (χ1) is 13.0. The molecular formula is C23H23N3S. The number of nitrogens with zero attached hydrogens (tertiary/aromatic N) is 2. The molecule has 27 heavy (non-hydrogen) atoms. The highest BCUT2D eigenvalue weighted by Crippen LogP contribution is 2.28. The van der Waals surface area contributed by atoms with Crippen molar-refractivity contribution in [2.45, 2.75) is 33.6 Å². The molecule has 2 aromatic carbocycles. The fourth-order valence-corrected chi connectivity index (χ4v) is 3.65. The smallest absolute Gasteiger partial charge is 0.136 e. The molecule has 1 aromatic heterocycles. The topological polar surface area (TPSA) is 48.7 Å². The first kappa shape index (κ1) is 18.9. The number of allylic oxidation sites excluding steroid dienone is 1. The molecule has 0 unspecified atom stereocenters. The minimum atomic E-state index is 0.406. The molecule has 3 rings (SSSR count). The van der Waals surface area contributed by atoms with Crippen LogP contribution < -0.4 is 5.32 Å². The van der Waals surface area contributed by atoms with Crippen LogP contribution in [0.4, 0.5) is 5.69 Å². The van der Waals surface area contributed by atoms with Gasteiger partial charge in [0.2, 0.25) is 0 Å². The van der Waals surface area contributed by atoms with E-state index in [1.165, 1.54) is 28.0 Å². The molecule has 3 nitrogen and oxygen atoms in total. The zero-order valence-corrected chi connectivity index (χ0v) is 16.9. The van der Waals surface area contributed by atoms with Gasteiger partial charge in [-0.25, -0.2) is 4.98 Å². The third kappa shape index (κ3) is 4.27. The maximum absolute atomic E-state index is 9.60. The first-order valence-electron chi connectivity index (χ1n) is 8.99. The van der Waals surface area contributed by atoms with Crippen LogP contribution in [-0.4, -0.2) is 4.98 Å². The molecule has 0 aliphatic rings. The lowest BCUT2D eigenvalue weighted by molar-refractivity contribution is 0.869. The summed E-state index contributed by atoms with van der Waals surface area (Å²) in [6.45, 7) is 8.52. The minimum absolute atomic E-state index is 0.406. The van der Waals surface area contributed by atoms with E-state index in [0.717, 1.165) is 22.0 Å². The zero-order valence-electron chi connectivity index (χ0n) is 16.1. The number of hydrogen-bond acceptors (Lipinski definition) is 4. The summed E-state index contributed by atoms with van der Waals surface area (Å²) in [7, 11) is 0. The zero-order chi connectivity index (χ0) is 19.4. The fourth-order valence-electron chi connectivity index (χ4n) is 2.85. The number of benzene rings is 2. The second-order valence-corrected chi connectivity index (χ2v) is 7.75. The Morgan fingerprint density at radius 1 is 1.15 bits per heavy atom. The van der Waals surface area contributed by atoms with Crippen LogP contribution in [0.25, 0.3) is 16.8 Å². The lowest BCUT2D eigenvalue weighted by Gasteiger charge is -2.12. The summed E-state index contributed by atoms with van der Waals surface area (Å²) in [6.07, 6.45) is 1.75. The predicted octanol–water partition coefficient (Wildman–Crippen LogP) is 6.53. The number of aromatic nitrogens is 1. The molecule has 0 saturated heterocycles. The summed E-state index contributed by atoms with van der Waals surface area (Å²) < 4.78 is 0. The van der Waals surface area contributed by atoms with E-state index in [9.17, 15) is 5.26 Å². The SMILES string of the molecule is Cc1ccc(-c2csc(/C(C#N)=C\Nc3ccccc3C(C)C)n2)cc1C. The van der Waals surface area contributed by atoms with Gasteiger partial charge in [0.05, 0.1) is 5.69 Å². The Bertz CT molecular complexity index is 1020. The fraction of sp³-hybridized carbons (Fsp3) is 0.217. The lowest BCUT2D eigenvalue weighted by atomic mass is 10.0. The van der Waals surface area contributed by atoms with E-state index in [0.29, 0.717) is 11.5 Å². The third-order valence-electron chi connectivity index (χ3n) is 4.61. The van der Waals surface area contributed by atoms with Crippen molar-refractivity contribution in [3.63, 3.8) is 0 Å². The van der Waals surface area contributed by atoms with Gasteiger partial charge in [-0.3, -0.25) is 0 Å². The van der Waals surface area contributed by atoms with Crippen molar-refractivity contribution in [3.05, 3.63) is 75.7 Å². The second kappa shape index (κ2) is 8.20. The van der Waals surface area contributed by atoms with Crippen LogP contribution >= 0.6 is 11.3 Å². The Balaban J connectivity index is 1.87. The molecule has 1 N–H and O–H groups in total. The van der Waals surface area contributed by atoms with Gasteiger partial charge < -0.3 is 5.32 Å². The quantitative estimate of drug-likeness (QED) is 0.517. The molecule has 4 heteroatoms. The maximum Gasteiger partial charge on any atom is 0.136 e. The minimum Gasteiger partial charge on any atom is -0.360 e. The molecule has 3 aromatic rings. The van der Waals surface area contributed by atoms with Crippen molar-refractivity contribution in [1.29, 1.82) is 5.26 Å². The molecular weight excluding hydrogens is 350 g/mol. The Morgan fingerprint density at radius 2 is 1.93 bits per heavy atom. The molecule has 136 valence electrons. The monoisotopic (exact) mass is 373 g/mol. The maximum atomic E-state index is 9.60. The highest BCUT2D eigenvalue weighted by molar-refractivity contribution is 7.11. The van der Waals surface area contributed by atoms with E-state index in [2.05, 4.69) is 68.3 Å². The van der Waals surface area contributed by atoms with Crippen molar-refractivity contribution in [2.75, 3.05) is 5.32 Å². The Labute approximate surface area is 165 Å². The average Bonchev–Trinajstić information content (AvgIpc) is 3.14. The van der Waals surface area contributed by atoms with E-state index in [1.54, 1.807) is 6.20 Å². The molecule has 0 fully saturated rings. The van der Waals surface area contributed by atoms with Crippen molar-refractivity contribution in [2.24, 2.45) is 0 Å². The van der Waals surface area contributed by atoms with E-state index in [4.69, 9.17) is 0 Å². The Morgan fingerprint density at radius 3 is 2.63 bits per heavy atom. The van der Waals surface area contributed by atoms with Gasteiger partial charge in [-0.15, -0.1) is 11.3 Å². The number of rotatable bonds is 5. The van der Waals surface area contributed by atoms with Crippen LogP contribution in [0.1, 0.15) is 41.5 Å². The highest BCUT2D eigenvalue weighted by atomic mass is 32.1. The van der Waals surface area contributed by atoms with Gasteiger partial charge in [0, 0.05) is 22.8 Å². The van der Waals surface area contributed by atoms with Gasteiger partial charge >= 0.3 is 0 Å². The Kier molecular flexibility index (Phi) is 5.73. The molecule has 0 aliphatic carbocycles. The summed E-state index contributed by atoms with van der Waals surface area (Å²) in [6, 6.07) is 16.8. The number of thiazole rings is 1. The predicted molar refractivity (Wildman–Crippen MR) is 115 cm³/mol. The van der Waals surface area contributed by atoms with Crippen molar-refractivity contribution >= 4 is 22.6 Å². The number of hydrogen-bond donors (Lipinski definition) is 1. The van der Waals surface area contributed by atoms with E-state index < -0.39 is 0 Å². The number of nitriles is 1. The number of anilines is 1. The molecule has 0 atom stereocenters. The molecule has 1 heterocycles. The summed E-state index contributed by atoms with van der Waals surface area (Å²) in [4.78, 5) is 4.68. The van der Waals surface area contributed by atoms with Gasteiger partial charge in [0.1, 0.15) is 16.6 Å². The van der Waals surface area contributed by atoms with Crippen LogP contribution in [-0.2, 0) is 0 Å². The third-order valence-corrected chi connectivity index (χ3v) is 5.49. The van der Waals surface area contributed by atoms with Crippen LogP contribution in [0.3, 0.4) is 0 Å². The molecule has 0 spiro atoms. The number of para-hydroxylation sites is 1. The first-order valence-corrected chi connectivity index (χ1v) is 9.87. The van der Waals surface area contributed by atoms with E-state index >= 15 is 0 Å². The van der Waals surface area contributed by atoms with E-state index in [-0.39, 0.29) is 0 Å².